The summed E-state index contributed by atoms with van der Waals surface area (Å²) in [6, 6.07) is 7.44. The Morgan fingerprint density at radius 1 is 1.35 bits per heavy atom. The van der Waals surface area contributed by atoms with Gasteiger partial charge in [0.25, 0.3) is 0 Å². The molecular weight excluding hydrogens is 272 g/mol. The van der Waals surface area contributed by atoms with Crippen LogP contribution in [0.4, 0.5) is 0 Å². The summed E-state index contributed by atoms with van der Waals surface area (Å²) in [5, 5.41) is 17.2. The molecule has 1 aromatic heterocycles. The van der Waals surface area contributed by atoms with Crippen LogP contribution in [0.15, 0.2) is 24.4 Å². The molecule has 1 N–H and O–H groups in total. The molecule has 5 heteroatoms. The Morgan fingerprint density at radius 3 is 2.75 bits per heavy atom. The summed E-state index contributed by atoms with van der Waals surface area (Å²) in [5.41, 5.74) is 3.90. The molecule has 0 amide bonds. The molecule has 0 radical (unpaired) electrons. The minimum Gasteiger partial charge on any atom is -0.308 e. The Balaban J connectivity index is 1.98. The van der Waals surface area contributed by atoms with Crippen molar-refractivity contribution in [2.75, 3.05) is 0 Å². The van der Waals surface area contributed by atoms with Crippen molar-refractivity contribution in [1.82, 2.24) is 15.1 Å². The molecule has 0 aliphatic rings. The van der Waals surface area contributed by atoms with Crippen molar-refractivity contribution in [3.63, 3.8) is 0 Å². The monoisotopic (exact) mass is 288 g/mol. The lowest BCUT2D eigenvalue weighted by atomic mass is 10.1. The van der Waals surface area contributed by atoms with Gasteiger partial charge in [-0.15, -0.1) is 0 Å². The van der Waals surface area contributed by atoms with E-state index in [0.29, 0.717) is 17.1 Å². The lowest BCUT2D eigenvalue weighted by Crippen LogP contribution is -2.13. The second kappa shape index (κ2) is 6.56. The highest BCUT2D eigenvalue weighted by Gasteiger charge is 2.06. The van der Waals surface area contributed by atoms with Crippen LogP contribution in [-0.4, -0.2) is 9.78 Å². The zero-order valence-electron chi connectivity index (χ0n) is 11.7. The maximum absolute atomic E-state index is 8.80. The molecule has 0 aliphatic heterocycles. The van der Waals surface area contributed by atoms with Crippen molar-refractivity contribution in [1.29, 1.82) is 5.26 Å². The van der Waals surface area contributed by atoms with Crippen LogP contribution in [0.2, 0.25) is 5.02 Å². The topological polar surface area (TPSA) is 53.6 Å². The van der Waals surface area contributed by atoms with Gasteiger partial charge in [0.1, 0.15) is 0 Å². The number of benzene rings is 1. The number of nitrogens with one attached hydrogen (secondary N) is 1. The molecule has 0 atom stereocenters. The second-order valence-corrected chi connectivity index (χ2v) is 5.06. The van der Waals surface area contributed by atoms with E-state index in [0.717, 1.165) is 24.2 Å². The lowest BCUT2D eigenvalue weighted by molar-refractivity contribution is 0.688. The molecule has 20 heavy (non-hydrogen) atoms. The molecule has 2 rings (SSSR count). The minimum absolute atomic E-state index is 0.583. The fourth-order valence-corrected chi connectivity index (χ4v) is 2.37. The Labute approximate surface area is 124 Å². The Hall–Kier alpha value is -1.83. The average Bonchev–Trinajstić information content (AvgIpc) is 2.80. The van der Waals surface area contributed by atoms with E-state index in [1.807, 2.05) is 24.0 Å². The van der Waals surface area contributed by atoms with Crippen LogP contribution in [0.1, 0.15) is 29.3 Å². The molecule has 1 heterocycles. The molecule has 1 aromatic carbocycles. The van der Waals surface area contributed by atoms with E-state index in [-0.39, 0.29) is 0 Å². The Kier molecular flexibility index (Phi) is 4.78. The van der Waals surface area contributed by atoms with Crippen molar-refractivity contribution in [3.8, 4) is 6.07 Å². The zero-order valence-corrected chi connectivity index (χ0v) is 12.4. The SMILES string of the molecule is CCc1nn(C)cc1CNCc1ccc(C#N)cc1Cl. The van der Waals surface area contributed by atoms with Gasteiger partial charge in [-0.05, 0) is 24.1 Å². The molecule has 0 saturated carbocycles. The molecular formula is C15H17ClN4. The highest BCUT2D eigenvalue weighted by atomic mass is 35.5. The van der Waals surface area contributed by atoms with Crippen molar-refractivity contribution < 1.29 is 0 Å². The maximum Gasteiger partial charge on any atom is 0.0992 e. The van der Waals surface area contributed by atoms with E-state index in [1.54, 1.807) is 12.1 Å². The quantitative estimate of drug-likeness (QED) is 0.920. The van der Waals surface area contributed by atoms with Gasteiger partial charge in [-0.25, -0.2) is 0 Å². The third-order valence-corrected chi connectivity index (χ3v) is 3.49. The highest BCUT2D eigenvalue weighted by molar-refractivity contribution is 6.31. The van der Waals surface area contributed by atoms with E-state index in [2.05, 4.69) is 23.4 Å². The van der Waals surface area contributed by atoms with Gasteiger partial charge in [-0.3, -0.25) is 4.68 Å². The first-order chi connectivity index (χ1) is 9.63. The second-order valence-electron chi connectivity index (χ2n) is 4.65. The lowest BCUT2D eigenvalue weighted by Gasteiger charge is -2.07. The van der Waals surface area contributed by atoms with Gasteiger partial charge in [0.15, 0.2) is 0 Å². The van der Waals surface area contributed by atoms with Gasteiger partial charge in [-0.1, -0.05) is 24.6 Å². The van der Waals surface area contributed by atoms with E-state index < -0.39 is 0 Å². The molecule has 2 aromatic rings. The summed E-state index contributed by atoms with van der Waals surface area (Å²) in [6.07, 6.45) is 2.96. The van der Waals surface area contributed by atoms with Gasteiger partial charge >= 0.3 is 0 Å². The van der Waals surface area contributed by atoms with Gasteiger partial charge in [0, 0.05) is 36.9 Å². The first-order valence-corrected chi connectivity index (χ1v) is 6.92. The van der Waals surface area contributed by atoms with Gasteiger partial charge in [0.05, 0.1) is 17.3 Å². The number of hydrogen-bond acceptors (Lipinski definition) is 3. The maximum atomic E-state index is 8.80. The Bertz CT molecular complexity index is 640. The highest BCUT2D eigenvalue weighted by Crippen LogP contribution is 2.17. The van der Waals surface area contributed by atoms with Crippen molar-refractivity contribution in [2.24, 2.45) is 7.05 Å². The first kappa shape index (κ1) is 14.6. The summed E-state index contributed by atoms with van der Waals surface area (Å²) in [5.74, 6) is 0. The molecule has 0 spiro atoms. The molecule has 0 saturated heterocycles. The fourth-order valence-electron chi connectivity index (χ4n) is 2.12. The summed E-state index contributed by atoms with van der Waals surface area (Å²) in [4.78, 5) is 0. The van der Waals surface area contributed by atoms with Crippen LogP contribution >= 0.6 is 11.6 Å². The normalized spacial score (nSPS) is 10.5. The van der Waals surface area contributed by atoms with E-state index >= 15 is 0 Å². The molecule has 0 bridgehead atoms. The van der Waals surface area contributed by atoms with Crippen molar-refractivity contribution in [2.45, 2.75) is 26.4 Å². The number of aryl methyl sites for hydroxylation is 2. The van der Waals surface area contributed by atoms with E-state index in [9.17, 15) is 0 Å². The number of aromatic nitrogens is 2. The molecule has 0 fully saturated rings. The Morgan fingerprint density at radius 2 is 2.10 bits per heavy atom. The number of hydrogen-bond donors (Lipinski definition) is 1. The van der Waals surface area contributed by atoms with Crippen LogP contribution in [0.25, 0.3) is 0 Å². The molecule has 0 aliphatic carbocycles. The molecule has 4 nitrogen and oxygen atoms in total. The third kappa shape index (κ3) is 3.38. The van der Waals surface area contributed by atoms with Crippen LogP contribution in [0.3, 0.4) is 0 Å². The van der Waals surface area contributed by atoms with E-state index in [4.69, 9.17) is 16.9 Å². The van der Waals surface area contributed by atoms with Crippen LogP contribution < -0.4 is 5.32 Å². The van der Waals surface area contributed by atoms with Gasteiger partial charge in [-0.2, -0.15) is 10.4 Å². The largest absolute Gasteiger partial charge is 0.308 e. The summed E-state index contributed by atoms with van der Waals surface area (Å²) >= 11 is 6.15. The van der Waals surface area contributed by atoms with Crippen LogP contribution in [0, 0.1) is 11.3 Å². The van der Waals surface area contributed by atoms with Crippen LogP contribution in [-0.2, 0) is 26.6 Å². The first-order valence-electron chi connectivity index (χ1n) is 6.54. The van der Waals surface area contributed by atoms with Crippen molar-refractivity contribution in [3.05, 3.63) is 51.8 Å². The number of nitriles is 1. The smallest absolute Gasteiger partial charge is 0.0992 e. The summed E-state index contributed by atoms with van der Waals surface area (Å²) < 4.78 is 1.84. The van der Waals surface area contributed by atoms with Gasteiger partial charge < -0.3 is 5.32 Å². The fraction of sp³-hybridized carbons (Fsp3) is 0.333. The summed E-state index contributed by atoms with van der Waals surface area (Å²) in [6.45, 7) is 3.53. The average molecular weight is 289 g/mol. The predicted molar refractivity (Wildman–Crippen MR) is 79.3 cm³/mol. The minimum atomic E-state index is 0.583. The van der Waals surface area contributed by atoms with E-state index in [1.165, 1.54) is 5.56 Å². The van der Waals surface area contributed by atoms with Gasteiger partial charge in [0.2, 0.25) is 0 Å². The van der Waals surface area contributed by atoms with Crippen LogP contribution in [0.5, 0.6) is 0 Å². The number of nitrogens with zero attached hydrogens (tertiary/aromatic N) is 3. The van der Waals surface area contributed by atoms with Crippen molar-refractivity contribution >= 4 is 11.6 Å². The predicted octanol–water partition coefficient (Wildman–Crippen LogP) is 2.80. The molecule has 0 unspecified atom stereocenters. The standard InChI is InChI=1S/C15H17ClN4/c1-3-15-13(10-20(2)19-15)9-18-8-12-5-4-11(7-17)6-14(12)16/h4-6,10,18H,3,8-9H2,1-2H3. The summed E-state index contributed by atoms with van der Waals surface area (Å²) in [7, 11) is 1.93. The number of halogens is 1. The molecule has 104 valence electrons. The zero-order chi connectivity index (χ0) is 14.5. The third-order valence-electron chi connectivity index (χ3n) is 3.14. The number of rotatable bonds is 5.